The van der Waals surface area contributed by atoms with Gasteiger partial charge in [-0.3, -0.25) is 0 Å². The Morgan fingerprint density at radius 3 is 2.86 bits per heavy atom. The molecule has 8 heteroatoms. The van der Waals surface area contributed by atoms with Gasteiger partial charge in [-0.05, 0) is 35.5 Å². The highest BCUT2D eigenvalue weighted by atomic mass is 16.6. The SMILES string of the molecule is COCCNc1nc2nonc2nc1N1C[C@H]2CC[C@H]1C2. The monoisotopic (exact) mass is 290 g/mol. The molecule has 1 saturated heterocycles. The number of fused-ring (bicyclic) bond motifs is 3. The van der Waals surface area contributed by atoms with Gasteiger partial charge in [0.1, 0.15) is 0 Å². The molecule has 2 aromatic heterocycles. The molecule has 1 saturated carbocycles. The number of rotatable bonds is 5. The molecule has 2 aromatic rings. The lowest BCUT2D eigenvalue weighted by atomic mass is 10.1. The van der Waals surface area contributed by atoms with Gasteiger partial charge in [0.05, 0.1) is 6.61 Å². The quantitative estimate of drug-likeness (QED) is 0.818. The second kappa shape index (κ2) is 5.10. The molecule has 0 aromatic carbocycles. The molecule has 8 nitrogen and oxygen atoms in total. The van der Waals surface area contributed by atoms with Crippen LogP contribution < -0.4 is 10.2 Å². The highest BCUT2D eigenvalue weighted by Gasteiger charge is 2.39. The van der Waals surface area contributed by atoms with Gasteiger partial charge in [-0.2, -0.15) is 0 Å². The Morgan fingerprint density at radius 1 is 1.29 bits per heavy atom. The first-order valence-corrected chi connectivity index (χ1v) is 7.35. The van der Waals surface area contributed by atoms with Crippen LogP contribution in [0, 0.1) is 5.92 Å². The smallest absolute Gasteiger partial charge is 0.245 e. The minimum atomic E-state index is 0.433. The molecule has 1 aliphatic heterocycles. The first kappa shape index (κ1) is 12.8. The van der Waals surface area contributed by atoms with Crippen molar-refractivity contribution in [1.29, 1.82) is 0 Å². The van der Waals surface area contributed by atoms with E-state index in [4.69, 9.17) is 9.37 Å². The van der Waals surface area contributed by atoms with E-state index >= 15 is 0 Å². The summed E-state index contributed by atoms with van der Waals surface area (Å²) in [6, 6.07) is 0.574. The van der Waals surface area contributed by atoms with E-state index in [1.807, 2.05) is 0 Å². The Bertz CT molecular complexity index is 645. The van der Waals surface area contributed by atoms with Gasteiger partial charge in [-0.15, -0.1) is 0 Å². The summed E-state index contributed by atoms with van der Waals surface area (Å²) in [6.45, 7) is 2.34. The molecule has 2 bridgehead atoms. The van der Waals surface area contributed by atoms with Crippen LogP contribution in [0.4, 0.5) is 11.6 Å². The van der Waals surface area contributed by atoms with E-state index in [2.05, 4.69) is 30.5 Å². The van der Waals surface area contributed by atoms with Crippen LogP contribution in [0.2, 0.25) is 0 Å². The van der Waals surface area contributed by atoms with Crippen LogP contribution in [0.5, 0.6) is 0 Å². The molecule has 4 rings (SSSR count). The molecule has 1 aliphatic carbocycles. The Morgan fingerprint density at radius 2 is 2.14 bits per heavy atom. The molecule has 3 heterocycles. The predicted octanol–water partition coefficient (Wildman–Crippen LogP) is 1.06. The molecule has 1 N–H and O–H groups in total. The zero-order chi connectivity index (χ0) is 14.2. The number of anilines is 2. The van der Waals surface area contributed by atoms with Crippen molar-refractivity contribution < 1.29 is 9.37 Å². The maximum atomic E-state index is 5.08. The van der Waals surface area contributed by atoms with Gasteiger partial charge in [0.25, 0.3) is 0 Å². The fourth-order valence-corrected chi connectivity index (χ4v) is 3.40. The van der Waals surface area contributed by atoms with E-state index in [0.29, 0.717) is 30.5 Å². The summed E-state index contributed by atoms with van der Waals surface area (Å²) in [7, 11) is 1.68. The molecular weight excluding hydrogens is 272 g/mol. The third-order valence-corrected chi connectivity index (χ3v) is 4.38. The van der Waals surface area contributed by atoms with E-state index in [0.717, 1.165) is 24.1 Å². The van der Waals surface area contributed by atoms with Crippen molar-refractivity contribution in [3.05, 3.63) is 0 Å². The molecule has 112 valence electrons. The third-order valence-electron chi connectivity index (χ3n) is 4.38. The molecule has 2 atom stereocenters. The molecule has 0 radical (unpaired) electrons. The second-order valence-electron chi connectivity index (χ2n) is 5.71. The highest BCUT2D eigenvalue weighted by molar-refractivity contribution is 5.74. The Balaban J connectivity index is 1.68. The zero-order valence-corrected chi connectivity index (χ0v) is 11.9. The number of piperidine rings is 1. The summed E-state index contributed by atoms with van der Waals surface area (Å²) < 4.78 is 9.81. The average molecular weight is 290 g/mol. The van der Waals surface area contributed by atoms with Crippen LogP contribution in [0.1, 0.15) is 19.3 Å². The van der Waals surface area contributed by atoms with Crippen LogP contribution in [0.3, 0.4) is 0 Å². The van der Waals surface area contributed by atoms with Gasteiger partial charge in [-0.25, -0.2) is 14.6 Å². The summed E-state index contributed by atoms with van der Waals surface area (Å²) in [6.07, 6.45) is 3.82. The van der Waals surface area contributed by atoms with Crippen LogP contribution in [0.15, 0.2) is 4.63 Å². The maximum absolute atomic E-state index is 5.08. The Labute approximate surface area is 121 Å². The molecule has 21 heavy (non-hydrogen) atoms. The first-order valence-electron chi connectivity index (χ1n) is 7.35. The molecule has 0 spiro atoms. The minimum Gasteiger partial charge on any atom is -0.383 e. The lowest BCUT2D eigenvalue weighted by Gasteiger charge is -2.29. The van der Waals surface area contributed by atoms with Crippen LogP contribution in [0.25, 0.3) is 11.3 Å². The summed E-state index contributed by atoms with van der Waals surface area (Å²) >= 11 is 0. The molecule has 0 amide bonds. The van der Waals surface area contributed by atoms with Gasteiger partial charge in [0.15, 0.2) is 11.6 Å². The van der Waals surface area contributed by atoms with Crippen LogP contribution >= 0.6 is 0 Å². The number of ether oxygens (including phenoxy) is 1. The lowest BCUT2D eigenvalue weighted by Crippen LogP contribution is -2.33. The van der Waals surface area contributed by atoms with E-state index < -0.39 is 0 Å². The lowest BCUT2D eigenvalue weighted by molar-refractivity contribution is 0.210. The largest absolute Gasteiger partial charge is 0.383 e. The number of hydrogen-bond donors (Lipinski definition) is 1. The minimum absolute atomic E-state index is 0.433. The third kappa shape index (κ3) is 2.19. The zero-order valence-electron chi connectivity index (χ0n) is 11.9. The van der Waals surface area contributed by atoms with Gasteiger partial charge >= 0.3 is 0 Å². The van der Waals surface area contributed by atoms with Crippen molar-refractivity contribution in [2.75, 3.05) is 37.0 Å². The molecule has 2 fully saturated rings. The summed E-state index contributed by atoms with van der Waals surface area (Å²) in [5.74, 6) is 2.39. The Hall–Kier alpha value is -1.96. The van der Waals surface area contributed by atoms with Gasteiger partial charge in [-0.1, -0.05) is 0 Å². The number of nitrogens with one attached hydrogen (secondary N) is 1. The number of hydrogen-bond acceptors (Lipinski definition) is 8. The Kier molecular flexibility index (Phi) is 3.10. The highest BCUT2D eigenvalue weighted by Crippen LogP contribution is 2.41. The van der Waals surface area contributed by atoms with E-state index in [-0.39, 0.29) is 0 Å². The van der Waals surface area contributed by atoms with Crippen molar-refractivity contribution in [1.82, 2.24) is 20.3 Å². The number of methoxy groups -OCH3 is 1. The summed E-state index contributed by atoms with van der Waals surface area (Å²) in [5, 5.41) is 10.9. The predicted molar refractivity (Wildman–Crippen MR) is 76.2 cm³/mol. The summed E-state index contributed by atoms with van der Waals surface area (Å²) in [4.78, 5) is 11.5. The summed E-state index contributed by atoms with van der Waals surface area (Å²) in [5.41, 5.74) is 0.896. The van der Waals surface area contributed by atoms with Crippen molar-refractivity contribution >= 4 is 22.9 Å². The van der Waals surface area contributed by atoms with Crippen molar-refractivity contribution in [2.45, 2.75) is 25.3 Å². The van der Waals surface area contributed by atoms with Crippen molar-refractivity contribution in [3.63, 3.8) is 0 Å². The first-order chi connectivity index (χ1) is 10.3. The normalized spacial score (nSPS) is 24.1. The average Bonchev–Trinajstić information content (AvgIpc) is 3.22. The van der Waals surface area contributed by atoms with Gasteiger partial charge in [0, 0.05) is 26.2 Å². The van der Waals surface area contributed by atoms with E-state index in [1.54, 1.807) is 7.11 Å². The maximum Gasteiger partial charge on any atom is 0.245 e. The van der Waals surface area contributed by atoms with Gasteiger partial charge in [0.2, 0.25) is 11.3 Å². The molecule has 2 aliphatic rings. The standard InChI is InChI=1S/C13H18N6O2/c1-20-5-4-14-12-13(16-11-10(15-12)17-21-18-11)19-7-8-2-3-9(19)6-8/h8-9H,2-7H2,1H3,(H,14,15,17)/t8-,9-/m0/s1. The fourth-order valence-electron chi connectivity index (χ4n) is 3.40. The van der Waals surface area contributed by atoms with E-state index in [1.165, 1.54) is 19.3 Å². The van der Waals surface area contributed by atoms with Crippen molar-refractivity contribution in [2.24, 2.45) is 5.92 Å². The molecular formula is C13H18N6O2. The fraction of sp³-hybridized carbons (Fsp3) is 0.692. The van der Waals surface area contributed by atoms with Crippen LogP contribution in [-0.2, 0) is 4.74 Å². The van der Waals surface area contributed by atoms with Gasteiger partial charge < -0.3 is 15.0 Å². The number of nitrogens with zero attached hydrogens (tertiary/aromatic N) is 5. The van der Waals surface area contributed by atoms with E-state index in [9.17, 15) is 0 Å². The molecule has 0 unspecified atom stereocenters. The van der Waals surface area contributed by atoms with Crippen LogP contribution in [-0.4, -0.2) is 53.1 Å². The van der Waals surface area contributed by atoms with Crippen molar-refractivity contribution in [3.8, 4) is 0 Å². The number of aromatic nitrogens is 4. The topological polar surface area (TPSA) is 89.2 Å². The second-order valence-corrected chi connectivity index (χ2v) is 5.71.